The standard InChI is InChI=1S/C23H33FN2/c1-3-5-7-9-11-13-20-14-15-21(16-22(20)24)23-25-17-19(18-26-23)12-10-8-6-4-2/h14-18H,3-13H2,1-2H3. The molecule has 1 heterocycles. The van der Waals surface area contributed by atoms with Crippen molar-refractivity contribution in [1.82, 2.24) is 9.97 Å². The number of aromatic nitrogens is 2. The number of hydrogen-bond donors (Lipinski definition) is 0. The van der Waals surface area contributed by atoms with Gasteiger partial charge >= 0.3 is 0 Å². The van der Waals surface area contributed by atoms with Gasteiger partial charge in [-0.25, -0.2) is 14.4 Å². The molecule has 0 unspecified atom stereocenters. The van der Waals surface area contributed by atoms with E-state index in [9.17, 15) is 4.39 Å². The van der Waals surface area contributed by atoms with Crippen LogP contribution >= 0.6 is 0 Å². The minimum Gasteiger partial charge on any atom is -0.236 e. The molecule has 2 nitrogen and oxygen atoms in total. The number of halogens is 1. The summed E-state index contributed by atoms with van der Waals surface area (Å²) in [7, 11) is 0. The van der Waals surface area contributed by atoms with E-state index in [4.69, 9.17) is 0 Å². The van der Waals surface area contributed by atoms with Crippen LogP contribution in [0.1, 0.15) is 82.8 Å². The van der Waals surface area contributed by atoms with Crippen LogP contribution in [0.5, 0.6) is 0 Å². The molecule has 0 amide bonds. The summed E-state index contributed by atoms with van der Waals surface area (Å²) in [6.07, 6.45) is 16.5. The van der Waals surface area contributed by atoms with E-state index in [1.54, 1.807) is 6.07 Å². The molecule has 2 rings (SSSR count). The van der Waals surface area contributed by atoms with E-state index < -0.39 is 0 Å². The molecular weight excluding hydrogens is 323 g/mol. The van der Waals surface area contributed by atoms with Crippen LogP contribution in [0.2, 0.25) is 0 Å². The Kier molecular flexibility index (Phi) is 9.30. The largest absolute Gasteiger partial charge is 0.236 e. The zero-order chi connectivity index (χ0) is 18.6. The van der Waals surface area contributed by atoms with Gasteiger partial charge in [-0.05, 0) is 42.9 Å². The summed E-state index contributed by atoms with van der Waals surface area (Å²) < 4.78 is 14.4. The summed E-state index contributed by atoms with van der Waals surface area (Å²) in [5, 5.41) is 0. The lowest BCUT2D eigenvalue weighted by Crippen LogP contribution is -1.96. The van der Waals surface area contributed by atoms with Crippen molar-refractivity contribution in [2.45, 2.75) is 84.5 Å². The monoisotopic (exact) mass is 356 g/mol. The smallest absolute Gasteiger partial charge is 0.159 e. The van der Waals surface area contributed by atoms with E-state index in [1.807, 2.05) is 24.5 Å². The summed E-state index contributed by atoms with van der Waals surface area (Å²) in [6.45, 7) is 4.42. The summed E-state index contributed by atoms with van der Waals surface area (Å²) >= 11 is 0. The molecule has 0 aliphatic heterocycles. The molecule has 0 spiro atoms. The summed E-state index contributed by atoms with van der Waals surface area (Å²) in [4.78, 5) is 8.87. The predicted molar refractivity (Wildman–Crippen MR) is 108 cm³/mol. The van der Waals surface area contributed by atoms with Crippen molar-refractivity contribution >= 4 is 0 Å². The number of benzene rings is 1. The van der Waals surface area contributed by atoms with E-state index in [0.717, 1.165) is 36.0 Å². The molecule has 1 aromatic heterocycles. The molecular formula is C23H33FN2. The van der Waals surface area contributed by atoms with Crippen LogP contribution in [0, 0.1) is 5.82 Å². The van der Waals surface area contributed by atoms with Gasteiger partial charge in [0.05, 0.1) is 0 Å². The fourth-order valence-electron chi connectivity index (χ4n) is 3.20. The highest BCUT2D eigenvalue weighted by atomic mass is 19.1. The van der Waals surface area contributed by atoms with Crippen LogP contribution < -0.4 is 0 Å². The van der Waals surface area contributed by atoms with Gasteiger partial charge in [-0.2, -0.15) is 0 Å². The van der Waals surface area contributed by atoms with E-state index in [-0.39, 0.29) is 5.82 Å². The Morgan fingerprint density at radius 2 is 1.38 bits per heavy atom. The molecule has 0 fully saturated rings. The number of unbranched alkanes of at least 4 members (excludes halogenated alkanes) is 7. The Hall–Kier alpha value is -1.77. The van der Waals surface area contributed by atoms with Gasteiger partial charge < -0.3 is 0 Å². The van der Waals surface area contributed by atoms with Crippen molar-refractivity contribution in [3.05, 3.63) is 47.5 Å². The number of aryl methyl sites for hydroxylation is 2. The van der Waals surface area contributed by atoms with Gasteiger partial charge in [0, 0.05) is 18.0 Å². The molecule has 1 aromatic carbocycles. The molecule has 0 aliphatic rings. The molecule has 0 saturated carbocycles. The van der Waals surface area contributed by atoms with Crippen molar-refractivity contribution in [3.8, 4) is 11.4 Å². The van der Waals surface area contributed by atoms with Crippen LogP contribution in [0.4, 0.5) is 4.39 Å². The maximum absolute atomic E-state index is 14.4. The zero-order valence-corrected chi connectivity index (χ0v) is 16.4. The highest BCUT2D eigenvalue weighted by Crippen LogP contribution is 2.20. The summed E-state index contributed by atoms with van der Waals surface area (Å²) in [6, 6.07) is 5.42. The fraction of sp³-hybridized carbons (Fsp3) is 0.565. The van der Waals surface area contributed by atoms with Crippen molar-refractivity contribution in [2.75, 3.05) is 0 Å². The average molecular weight is 357 g/mol. The quantitative estimate of drug-likeness (QED) is 0.386. The van der Waals surface area contributed by atoms with Crippen LogP contribution in [-0.4, -0.2) is 9.97 Å². The van der Waals surface area contributed by atoms with Crippen LogP contribution in [0.15, 0.2) is 30.6 Å². The van der Waals surface area contributed by atoms with Crippen molar-refractivity contribution in [3.63, 3.8) is 0 Å². The van der Waals surface area contributed by atoms with Gasteiger partial charge in [-0.15, -0.1) is 0 Å². The number of hydrogen-bond acceptors (Lipinski definition) is 2. The highest BCUT2D eigenvalue weighted by Gasteiger charge is 2.07. The van der Waals surface area contributed by atoms with Crippen molar-refractivity contribution in [2.24, 2.45) is 0 Å². The zero-order valence-electron chi connectivity index (χ0n) is 16.4. The first-order chi connectivity index (χ1) is 12.7. The first-order valence-corrected chi connectivity index (χ1v) is 10.3. The second-order valence-corrected chi connectivity index (χ2v) is 7.20. The molecule has 0 bridgehead atoms. The third-order valence-electron chi connectivity index (χ3n) is 4.89. The summed E-state index contributed by atoms with van der Waals surface area (Å²) in [5.41, 5.74) is 2.72. The second kappa shape index (κ2) is 11.8. The molecule has 0 radical (unpaired) electrons. The first kappa shape index (κ1) is 20.5. The van der Waals surface area contributed by atoms with Gasteiger partial charge in [-0.1, -0.05) is 70.9 Å². The maximum atomic E-state index is 14.4. The van der Waals surface area contributed by atoms with Gasteiger partial charge in [-0.3, -0.25) is 0 Å². The minimum atomic E-state index is -0.134. The Labute approximate surface area is 158 Å². The summed E-state index contributed by atoms with van der Waals surface area (Å²) in [5.74, 6) is 0.473. The van der Waals surface area contributed by atoms with E-state index in [1.165, 1.54) is 51.4 Å². The molecule has 142 valence electrons. The first-order valence-electron chi connectivity index (χ1n) is 10.3. The van der Waals surface area contributed by atoms with Gasteiger partial charge in [0.2, 0.25) is 0 Å². The molecule has 2 aromatic rings. The van der Waals surface area contributed by atoms with Gasteiger partial charge in [0.1, 0.15) is 5.82 Å². The third kappa shape index (κ3) is 6.86. The van der Waals surface area contributed by atoms with Crippen molar-refractivity contribution in [1.29, 1.82) is 0 Å². The van der Waals surface area contributed by atoms with Crippen LogP contribution in [-0.2, 0) is 12.8 Å². The average Bonchev–Trinajstić information content (AvgIpc) is 2.67. The SMILES string of the molecule is CCCCCCCc1ccc(-c2ncc(CCCCCC)cn2)cc1F. The second-order valence-electron chi connectivity index (χ2n) is 7.20. The lowest BCUT2D eigenvalue weighted by molar-refractivity contribution is 0.588. The topological polar surface area (TPSA) is 25.8 Å². The lowest BCUT2D eigenvalue weighted by Gasteiger charge is -2.07. The molecule has 0 aliphatic carbocycles. The molecule has 3 heteroatoms. The maximum Gasteiger partial charge on any atom is 0.159 e. The molecule has 0 N–H and O–H groups in total. The highest BCUT2D eigenvalue weighted by molar-refractivity contribution is 5.55. The third-order valence-corrected chi connectivity index (χ3v) is 4.89. The Morgan fingerprint density at radius 1 is 0.769 bits per heavy atom. The van der Waals surface area contributed by atoms with E-state index in [0.29, 0.717) is 5.82 Å². The van der Waals surface area contributed by atoms with Crippen LogP contribution in [0.3, 0.4) is 0 Å². The normalized spacial score (nSPS) is 11.0. The predicted octanol–water partition coefficient (Wildman–Crippen LogP) is 6.92. The van der Waals surface area contributed by atoms with E-state index in [2.05, 4.69) is 23.8 Å². The minimum absolute atomic E-state index is 0.134. The van der Waals surface area contributed by atoms with Crippen molar-refractivity contribution < 1.29 is 4.39 Å². The molecule has 26 heavy (non-hydrogen) atoms. The van der Waals surface area contributed by atoms with Gasteiger partial charge in [0.15, 0.2) is 5.82 Å². The lowest BCUT2D eigenvalue weighted by atomic mass is 10.0. The molecule has 0 atom stereocenters. The Bertz CT molecular complexity index is 637. The number of rotatable bonds is 12. The molecule has 0 saturated heterocycles. The Balaban J connectivity index is 1.89. The van der Waals surface area contributed by atoms with E-state index >= 15 is 0 Å². The fourth-order valence-corrected chi connectivity index (χ4v) is 3.20. The van der Waals surface area contributed by atoms with Gasteiger partial charge in [0.25, 0.3) is 0 Å². The van der Waals surface area contributed by atoms with Crippen LogP contribution in [0.25, 0.3) is 11.4 Å². The number of nitrogens with zero attached hydrogens (tertiary/aromatic N) is 2. The Morgan fingerprint density at radius 3 is 2.04 bits per heavy atom.